The average Bonchev–Trinajstić information content (AvgIpc) is 3.36. The van der Waals surface area contributed by atoms with E-state index < -0.39 is 11.7 Å². The third kappa shape index (κ3) is 3.57. The summed E-state index contributed by atoms with van der Waals surface area (Å²) >= 11 is 5.32. The van der Waals surface area contributed by atoms with E-state index in [1.807, 2.05) is 48.7 Å². The Balaban J connectivity index is 1.59. The molecule has 2 aromatic heterocycles. The van der Waals surface area contributed by atoms with Gasteiger partial charge in [-0.2, -0.15) is 5.10 Å². The first kappa shape index (κ1) is 19.8. The number of thiocarbonyl (C=S) groups is 1. The Labute approximate surface area is 188 Å². The molecule has 1 fully saturated rings. The maximum atomic E-state index is 14.3. The van der Waals surface area contributed by atoms with Gasteiger partial charge in [0, 0.05) is 29.7 Å². The number of hydrogen-bond donors (Lipinski definition) is 1. The van der Waals surface area contributed by atoms with Crippen LogP contribution in [0.3, 0.4) is 0 Å². The van der Waals surface area contributed by atoms with Crippen LogP contribution in [0.5, 0.6) is 0 Å². The maximum Gasteiger partial charge on any atom is 0.281 e. The van der Waals surface area contributed by atoms with Gasteiger partial charge in [0.2, 0.25) is 0 Å². The zero-order chi connectivity index (χ0) is 22.1. The SMILES string of the molecule is O=C1/C(=C\c2cn(-c3ccccc3)nc2-c2cccnc2)NC(=S)N1c1ccccc1F. The van der Waals surface area contributed by atoms with Crippen molar-refractivity contribution in [3.63, 3.8) is 0 Å². The number of carbonyl (C=O) groups excluding carboxylic acids is 1. The highest BCUT2D eigenvalue weighted by molar-refractivity contribution is 7.80. The molecule has 0 bridgehead atoms. The number of para-hydroxylation sites is 2. The second kappa shape index (κ2) is 8.16. The Morgan fingerprint density at radius 3 is 2.53 bits per heavy atom. The summed E-state index contributed by atoms with van der Waals surface area (Å²) in [5.41, 5.74) is 3.35. The third-order valence-corrected chi connectivity index (χ3v) is 5.25. The number of anilines is 1. The predicted octanol–water partition coefficient (Wildman–Crippen LogP) is 4.34. The number of rotatable bonds is 4. The number of halogens is 1. The van der Waals surface area contributed by atoms with E-state index in [1.54, 1.807) is 35.3 Å². The summed E-state index contributed by atoms with van der Waals surface area (Å²) in [6.07, 6.45) is 6.89. The summed E-state index contributed by atoms with van der Waals surface area (Å²) in [5, 5.41) is 7.74. The number of carbonyl (C=O) groups is 1. The molecule has 6 nitrogen and oxygen atoms in total. The molecule has 1 N–H and O–H groups in total. The minimum atomic E-state index is -0.529. The van der Waals surface area contributed by atoms with Crippen molar-refractivity contribution < 1.29 is 9.18 Å². The lowest BCUT2D eigenvalue weighted by Crippen LogP contribution is -2.31. The first-order chi connectivity index (χ1) is 15.6. The summed E-state index contributed by atoms with van der Waals surface area (Å²) in [5.74, 6) is -0.969. The Kier molecular flexibility index (Phi) is 5.04. The highest BCUT2D eigenvalue weighted by Gasteiger charge is 2.33. The lowest BCUT2D eigenvalue weighted by atomic mass is 10.1. The van der Waals surface area contributed by atoms with Gasteiger partial charge in [0.15, 0.2) is 5.11 Å². The Morgan fingerprint density at radius 1 is 1.00 bits per heavy atom. The van der Waals surface area contributed by atoms with Crippen LogP contribution < -0.4 is 10.2 Å². The van der Waals surface area contributed by atoms with Crippen LogP contribution in [0.4, 0.5) is 10.1 Å². The number of hydrogen-bond acceptors (Lipinski definition) is 4. The van der Waals surface area contributed by atoms with E-state index >= 15 is 0 Å². The number of aromatic nitrogens is 3. The van der Waals surface area contributed by atoms with Crippen LogP contribution in [0.2, 0.25) is 0 Å². The van der Waals surface area contributed by atoms with E-state index in [-0.39, 0.29) is 16.5 Å². The number of benzene rings is 2. The molecule has 0 spiro atoms. The lowest BCUT2D eigenvalue weighted by molar-refractivity contribution is -0.113. The van der Waals surface area contributed by atoms with Gasteiger partial charge in [-0.3, -0.25) is 9.78 Å². The van der Waals surface area contributed by atoms with Crippen molar-refractivity contribution in [2.75, 3.05) is 4.90 Å². The molecule has 2 aromatic carbocycles. The van der Waals surface area contributed by atoms with Gasteiger partial charge in [-0.05, 0) is 54.7 Å². The molecule has 0 radical (unpaired) electrons. The maximum absolute atomic E-state index is 14.3. The quantitative estimate of drug-likeness (QED) is 0.377. The van der Waals surface area contributed by atoms with E-state index in [0.717, 1.165) is 16.2 Å². The summed E-state index contributed by atoms with van der Waals surface area (Å²) in [6, 6.07) is 19.4. The van der Waals surface area contributed by atoms with Crippen molar-refractivity contribution in [3.05, 3.63) is 102 Å². The summed E-state index contributed by atoms with van der Waals surface area (Å²) in [6.45, 7) is 0. The van der Waals surface area contributed by atoms with Gasteiger partial charge >= 0.3 is 0 Å². The summed E-state index contributed by atoms with van der Waals surface area (Å²) in [7, 11) is 0. The molecule has 32 heavy (non-hydrogen) atoms. The highest BCUT2D eigenvalue weighted by Crippen LogP contribution is 2.28. The van der Waals surface area contributed by atoms with Crippen LogP contribution in [0, 0.1) is 5.82 Å². The third-order valence-electron chi connectivity index (χ3n) is 4.97. The minimum Gasteiger partial charge on any atom is -0.327 e. The van der Waals surface area contributed by atoms with Crippen LogP contribution >= 0.6 is 12.2 Å². The normalized spacial score (nSPS) is 14.8. The number of pyridine rings is 1. The van der Waals surface area contributed by atoms with Crippen molar-refractivity contribution >= 4 is 35.0 Å². The van der Waals surface area contributed by atoms with Crippen LogP contribution in [0.25, 0.3) is 23.0 Å². The number of nitrogens with zero attached hydrogens (tertiary/aromatic N) is 4. The molecule has 0 unspecified atom stereocenters. The van der Waals surface area contributed by atoms with Gasteiger partial charge in [-0.25, -0.2) is 14.0 Å². The second-order valence-corrected chi connectivity index (χ2v) is 7.42. The molecule has 1 saturated heterocycles. The Hall–Kier alpha value is -4.17. The molecule has 8 heteroatoms. The molecule has 1 amide bonds. The fraction of sp³-hybridized carbons (Fsp3) is 0. The van der Waals surface area contributed by atoms with E-state index in [1.165, 1.54) is 12.1 Å². The minimum absolute atomic E-state index is 0.103. The van der Waals surface area contributed by atoms with Crippen molar-refractivity contribution in [2.24, 2.45) is 0 Å². The fourth-order valence-electron chi connectivity index (χ4n) is 3.48. The molecule has 3 heterocycles. The zero-order valence-corrected chi connectivity index (χ0v) is 17.5. The monoisotopic (exact) mass is 441 g/mol. The van der Waals surface area contributed by atoms with Gasteiger partial charge in [0.05, 0.1) is 11.4 Å². The largest absolute Gasteiger partial charge is 0.327 e. The summed E-state index contributed by atoms with van der Waals surface area (Å²) in [4.78, 5) is 18.4. The average molecular weight is 441 g/mol. The molecule has 0 atom stereocenters. The molecule has 1 aliphatic heterocycles. The number of amides is 1. The van der Waals surface area contributed by atoms with E-state index in [4.69, 9.17) is 17.3 Å². The zero-order valence-electron chi connectivity index (χ0n) is 16.6. The van der Waals surface area contributed by atoms with Crippen molar-refractivity contribution in [1.29, 1.82) is 0 Å². The second-order valence-electron chi connectivity index (χ2n) is 7.04. The van der Waals surface area contributed by atoms with E-state index in [9.17, 15) is 9.18 Å². The standard InChI is InChI=1S/C24H16FN5OS/c25-19-10-4-5-11-21(19)30-23(31)20(27-24(30)32)13-17-15-29(18-8-2-1-3-9-18)28-22(17)16-7-6-12-26-14-16/h1-15H,(H,27,32)/b20-13+. The molecule has 1 aliphatic rings. The van der Waals surface area contributed by atoms with E-state index in [2.05, 4.69) is 10.3 Å². The predicted molar refractivity (Wildman–Crippen MR) is 124 cm³/mol. The number of nitrogens with one attached hydrogen (secondary N) is 1. The van der Waals surface area contributed by atoms with Crippen molar-refractivity contribution in [3.8, 4) is 16.9 Å². The molecular weight excluding hydrogens is 425 g/mol. The topological polar surface area (TPSA) is 63.1 Å². The molecule has 0 saturated carbocycles. The molecular formula is C24H16FN5OS. The molecule has 4 aromatic rings. The molecule has 156 valence electrons. The van der Waals surface area contributed by atoms with Gasteiger partial charge in [0.25, 0.3) is 5.91 Å². The van der Waals surface area contributed by atoms with Gasteiger partial charge < -0.3 is 5.32 Å². The van der Waals surface area contributed by atoms with Crippen molar-refractivity contribution in [2.45, 2.75) is 0 Å². The van der Waals surface area contributed by atoms with Crippen LogP contribution in [0.1, 0.15) is 5.56 Å². The van der Waals surface area contributed by atoms with Crippen LogP contribution in [-0.4, -0.2) is 25.8 Å². The molecule has 5 rings (SSSR count). The van der Waals surface area contributed by atoms with Gasteiger partial charge in [-0.1, -0.05) is 30.3 Å². The smallest absolute Gasteiger partial charge is 0.281 e. The van der Waals surface area contributed by atoms with Gasteiger partial charge in [0.1, 0.15) is 17.2 Å². The lowest BCUT2D eigenvalue weighted by Gasteiger charge is -2.14. The van der Waals surface area contributed by atoms with Crippen LogP contribution in [0.15, 0.2) is 91.0 Å². The van der Waals surface area contributed by atoms with Crippen molar-refractivity contribution in [1.82, 2.24) is 20.1 Å². The summed E-state index contributed by atoms with van der Waals surface area (Å²) < 4.78 is 16.0. The van der Waals surface area contributed by atoms with Gasteiger partial charge in [-0.15, -0.1) is 0 Å². The van der Waals surface area contributed by atoms with Crippen LogP contribution in [-0.2, 0) is 4.79 Å². The Morgan fingerprint density at radius 2 is 1.78 bits per heavy atom. The Bertz CT molecular complexity index is 1350. The first-order valence-corrected chi connectivity index (χ1v) is 10.2. The first-order valence-electron chi connectivity index (χ1n) is 9.79. The fourth-order valence-corrected chi connectivity index (χ4v) is 3.77. The van der Waals surface area contributed by atoms with E-state index in [0.29, 0.717) is 11.3 Å². The molecule has 0 aliphatic carbocycles. The highest BCUT2D eigenvalue weighted by atomic mass is 32.1.